The normalized spacial score (nSPS) is 10.6. The van der Waals surface area contributed by atoms with Gasteiger partial charge < -0.3 is 8.98 Å². The van der Waals surface area contributed by atoms with E-state index in [4.69, 9.17) is 4.42 Å². The molecule has 0 aliphatic rings. The summed E-state index contributed by atoms with van der Waals surface area (Å²) < 4.78 is 6.57. The highest BCUT2D eigenvalue weighted by Gasteiger charge is 2.06. The van der Waals surface area contributed by atoms with Crippen molar-refractivity contribution in [2.24, 2.45) is 7.05 Å². The second kappa shape index (κ2) is 1.95. The van der Waals surface area contributed by atoms with E-state index >= 15 is 0 Å². The molecular weight excluding hydrogens is 144 g/mol. The van der Waals surface area contributed by atoms with Crippen LogP contribution in [0.2, 0.25) is 0 Å². The van der Waals surface area contributed by atoms with Crippen molar-refractivity contribution in [2.45, 2.75) is 0 Å². The Hall–Kier alpha value is -1.58. The number of hydrogen-bond acceptors (Lipinski definition) is 3. The lowest BCUT2D eigenvalue weighted by Gasteiger charge is -1.89. The number of aromatic nitrogens is 2. The summed E-state index contributed by atoms with van der Waals surface area (Å²) >= 11 is 0. The second-order valence-electron chi connectivity index (χ2n) is 2.29. The predicted molar refractivity (Wildman–Crippen MR) is 38.4 cm³/mol. The van der Waals surface area contributed by atoms with Gasteiger partial charge in [-0.15, -0.1) is 0 Å². The zero-order valence-corrected chi connectivity index (χ0v) is 5.94. The van der Waals surface area contributed by atoms with Crippen molar-refractivity contribution < 1.29 is 9.21 Å². The Kier molecular flexibility index (Phi) is 1.09. The lowest BCUT2D eigenvalue weighted by Crippen LogP contribution is -1.94. The van der Waals surface area contributed by atoms with Gasteiger partial charge in [-0.25, -0.2) is 4.98 Å². The van der Waals surface area contributed by atoms with Crippen molar-refractivity contribution in [3.63, 3.8) is 0 Å². The van der Waals surface area contributed by atoms with E-state index in [1.54, 1.807) is 17.9 Å². The summed E-state index contributed by atoms with van der Waals surface area (Å²) in [5.74, 6) is 0.422. The average molecular weight is 150 g/mol. The number of carbonyl (C=O) groups excluding carboxylic acids is 1. The molecule has 2 rings (SSSR count). The van der Waals surface area contributed by atoms with Crippen LogP contribution in [0.1, 0.15) is 10.6 Å². The van der Waals surface area contributed by atoms with Crippen LogP contribution in [0.15, 0.2) is 16.9 Å². The van der Waals surface area contributed by atoms with Crippen LogP contribution >= 0.6 is 0 Å². The molecule has 2 aromatic heterocycles. The zero-order chi connectivity index (χ0) is 7.84. The minimum absolute atomic E-state index is 0.422. The molecule has 0 spiro atoms. The number of nitrogens with zero attached hydrogens (tertiary/aromatic N) is 2. The SMILES string of the molecule is Cn1c(C=O)nc2cocc21. The minimum atomic E-state index is 0.422. The number of rotatable bonds is 1. The highest BCUT2D eigenvalue weighted by Crippen LogP contribution is 2.13. The summed E-state index contributed by atoms with van der Waals surface area (Å²) in [4.78, 5) is 14.4. The molecule has 2 aromatic rings. The molecule has 0 aliphatic heterocycles. The smallest absolute Gasteiger partial charge is 0.185 e. The van der Waals surface area contributed by atoms with Crippen molar-refractivity contribution in [3.05, 3.63) is 18.4 Å². The molecule has 0 atom stereocenters. The van der Waals surface area contributed by atoms with Crippen LogP contribution in [-0.4, -0.2) is 15.8 Å². The van der Waals surface area contributed by atoms with E-state index in [0.29, 0.717) is 5.82 Å². The summed E-state index contributed by atoms with van der Waals surface area (Å²) in [7, 11) is 1.77. The third kappa shape index (κ3) is 0.690. The third-order valence-electron chi connectivity index (χ3n) is 1.67. The Bertz CT molecular complexity index is 399. The number of aldehydes is 1. The fourth-order valence-corrected chi connectivity index (χ4v) is 1.05. The number of aryl methyl sites for hydroxylation is 1. The van der Waals surface area contributed by atoms with Gasteiger partial charge >= 0.3 is 0 Å². The van der Waals surface area contributed by atoms with Gasteiger partial charge in [0, 0.05) is 7.05 Å². The van der Waals surface area contributed by atoms with Gasteiger partial charge in [0.1, 0.15) is 23.6 Å². The van der Waals surface area contributed by atoms with E-state index in [1.165, 1.54) is 6.26 Å². The largest absolute Gasteiger partial charge is 0.468 e. The topological polar surface area (TPSA) is 48.0 Å². The first-order valence-electron chi connectivity index (χ1n) is 3.16. The second-order valence-corrected chi connectivity index (χ2v) is 2.29. The molecule has 0 saturated carbocycles. The fraction of sp³-hybridized carbons (Fsp3) is 0.143. The van der Waals surface area contributed by atoms with E-state index in [0.717, 1.165) is 17.3 Å². The van der Waals surface area contributed by atoms with Crippen LogP contribution in [0.5, 0.6) is 0 Å². The predicted octanol–water partition coefficient (Wildman–Crippen LogP) is 0.979. The third-order valence-corrected chi connectivity index (χ3v) is 1.67. The van der Waals surface area contributed by atoms with E-state index in [2.05, 4.69) is 4.98 Å². The van der Waals surface area contributed by atoms with Crippen molar-refractivity contribution in [1.82, 2.24) is 9.55 Å². The lowest BCUT2D eigenvalue weighted by atomic mass is 10.5. The van der Waals surface area contributed by atoms with Crippen LogP contribution in [0.3, 0.4) is 0 Å². The van der Waals surface area contributed by atoms with Gasteiger partial charge in [-0.1, -0.05) is 0 Å². The maximum atomic E-state index is 10.4. The molecule has 11 heavy (non-hydrogen) atoms. The number of carbonyl (C=O) groups is 1. The zero-order valence-electron chi connectivity index (χ0n) is 5.94. The van der Waals surface area contributed by atoms with Gasteiger partial charge in [0.25, 0.3) is 0 Å². The van der Waals surface area contributed by atoms with E-state index in [9.17, 15) is 4.79 Å². The molecule has 0 unspecified atom stereocenters. The molecule has 0 fully saturated rings. The van der Waals surface area contributed by atoms with Crippen LogP contribution in [0, 0.1) is 0 Å². The Morgan fingerprint density at radius 2 is 2.45 bits per heavy atom. The quantitative estimate of drug-likeness (QED) is 0.569. The van der Waals surface area contributed by atoms with Gasteiger partial charge in [-0.05, 0) is 0 Å². The van der Waals surface area contributed by atoms with E-state index in [-0.39, 0.29) is 0 Å². The summed E-state index contributed by atoms with van der Waals surface area (Å²) in [5.41, 5.74) is 1.56. The van der Waals surface area contributed by atoms with Crippen molar-refractivity contribution in [3.8, 4) is 0 Å². The first kappa shape index (κ1) is 6.15. The maximum absolute atomic E-state index is 10.4. The Morgan fingerprint density at radius 1 is 1.64 bits per heavy atom. The van der Waals surface area contributed by atoms with Crippen LogP contribution < -0.4 is 0 Å². The monoisotopic (exact) mass is 150 g/mol. The van der Waals surface area contributed by atoms with Crippen LogP contribution in [0.4, 0.5) is 0 Å². The molecule has 0 amide bonds. The molecule has 4 nitrogen and oxygen atoms in total. The molecule has 0 aliphatic carbocycles. The Balaban J connectivity index is 2.86. The van der Waals surface area contributed by atoms with Gasteiger partial charge in [-0.3, -0.25) is 4.79 Å². The Labute approximate surface area is 62.4 Å². The van der Waals surface area contributed by atoms with Crippen LogP contribution in [0.25, 0.3) is 11.0 Å². The van der Waals surface area contributed by atoms with Gasteiger partial charge in [0.15, 0.2) is 12.1 Å². The summed E-state index contributed by atoms with van der Waals surface area (Å²) in [5, 5.41) is 0. The highest BCUT2D eigenvalue weighted by molar-refractivity contribution is 5.81. The number of imidazole rings is 1. The van der Waals surface area contributed by atoms with E-state index in [1.807, 2.05) is 0 Å². The molecule has 56 valence electrons. The minimum Gasteiger partial charge on any atom is -0.468 e. The van der Waals surface area contributed by atoms with Gasteiger partial charge in [0.05, 0.1) is 0 Å². The molecule has 0 bridgehead atoms. The molecular formula is C7H6N2O2. The number of fused-ring (bicyclic) bond motifs is 1. The fourth-order valence-electron chi connectivity index (χ4n) is 1.05. The number of furan rings is 1. The average Bonchev–Trinajstić information content (AvgIpc) is 2.53. The molecule has 0 radical (unpaired) electrons. The molecule has 4 heteroatoms. The van der Waals surface area contributed by atoms with Crippen molar-refractivity contribution >= 4 is 17.3 Å². The maximum Gasteiger partial charge on any atom is 0.185 e. The standard InChI is InChI=1S/C7H6N2O2/c1-9-6-4-11-3-5(6)8-7(9)2-10/h2-4H,1H3. The molecule has 2 heterocycles. The number of hydrogen-bond donors (Lipinski definition) is 0. The molecule has 0 saturated heterocycles. The van der Waals surface area contributed by atoms with Crippen molar-refractivity contribution in [2.75, 3.05) is 0 Å². The van der Waals surface area contributed by atoms with Crippen LogP contribution in [-0.2, 0) is 7.05 Å². The molecule has 0 aromatic carbocycles. The van der Waals surface area contributed by atoms with Gasteiger partial charge in [-0.2, -0.15) is 0 Å². The van der Waals surface area contributed by atoms with E-state index < -0.39 is 0 Å². The first-order chi connectivity index (χ1) is 5.33. The van der Waals surface area contributed by atoms with Crippen molar-refractivity contribution in [1.29, 1.82) is 0 Å². The highest BCUT2D eigenvalue weighted by atomic mass is 16.3. The summed E-state index contributed by atoms with van der Waals surface area (Å²) in [6.07, 6.45) is 3.80. The Morgan fingerprint density at radius 3 is 3.09 bits per heavy atom. The lowest BCUT2D eigenvalue weighted by molar-refractivity contribution is 0.111. The summed E-state index contributed by atoms with van der Waals surface area (Å²) in [6, 6.07) is 0. The van der Waals surface area contributed by atoms with Gasteiger partial charge in [0.2, 0.25) is 0 Å². The first-order valence-corrected chi connectivity index (χ1v) is 3.16. The molecule has 0 N–H and O–H groups in total. The summed E-state index contributed by atoms with van der Waals surface area (Å²) in [6.45, 7) is 0.